The Kier molecular flexibility index (Phi) is 4.90. The second-order valence-electron chi connectivity index (χ2n) is 11.4. The smallest absolute Gasteiger partial charge is 0.168 e. The first kappa shape index (κ1) is 24.2. The molecule has 0 aliphatic carbocycles. The molecule has 45 heavy (non-hydrogen) atoms. The van der Waals surface area contributed by atoms with E-state index in [0.717, 1.165) is 66.8 Å². The summed E-state index contributed by atoms with van der Waals surface area (Å²) < 4.78 is 6.76. The van der Waals surface area contributed by atoms with Gasteiger partial charge in [-0.1, -0.05) is 72.8 Å². The number of benzene rings is 5. The molecule has 10 rings (SSSR count). The summed E-state index contributed by atoms with van der Waals surface area (Å²) in [4.78, 5) is 15.6. The van der Waals surface area contributed by atoms with Crippen LogP contribution in [-0.4, -0.2) is 28.7 Å². The number of nitrogens with zero attached hydrogens (tertiary/aromatic N) is 6. The molecule has 0 radical (unpaired) electrons. The fraction of sp³-hybridized carbons (Fsp3) is 0. The highest BCUT2D eigenvalue weighted by atomic mass is 15.1. The molecule has 6 heteroatoms. The second-order valence-corrected chi connectivity index (χ2v) is 11.4. The molecule has 0 fully saturated rings. The number of aromatic nitrogens is 6. The standard InChI is InChI=1S/C39H24N6/c1-3-12-25(13-4-1)43-31-18-9-7-16-28(31)30-24-27(21-22-33(30)43)45-34-20-11-23-40-36(34)37-39(45)42-38-35(41-37)29-17-8-10-19-32(29)44(38)26-14-5-2-6-15-26/h1-24H. The molecular weight excluding hydrogens is 552 g/mol. The van der Waals surface area contributed by atoms with Crippen LogP contribution in [0.3, 0.4) is 0 Å². The van der Waals surface area contributed by atoms with E-state index in [9.17, 15) is 0 Å². The average Bonchev–Trinajstić information content (AvgIpc) is 3.73. The van der Waals surface area contributed by atoms with Gasteiger partial charge in [-0.25, -0.2) is 9.97 Å². The van der Waals surface area contributed by atoms with Gasteiger partial charge in [-0.05, 0) is 66.7 Å². The largest absolute Gasteiger partial charge is 0.309 e. The lowest BCUT2D eigenvalue weighted by molar-refractivity contribution is 1.10. The summed E-state index contributed by atoms with van der Waals surface area (Å²) in [6.07, 6.45) is 1.84. The number of hydrogen-bond donors (Lipinski definition) is 0. The van der Waals surface area contributed by atoms with Gasteiger partial charge < -0.3 is 4.57 Å². The molecule has 0 unspecified atom stereocenters. The van der Waals surface area contributed by atoms with E-state index in [1.165, 1.54) is 16.3 Å². The van der Waals surface area contributed by atoms with Crippen LogP contribution in [0.1, 0.15) is 0 Å². The first-order valence-electron chi connectivity index (χ1n) is 15.1. The van der Waals surface area contributed by atoms with Crippen LogP contribution >= 0.6 is 0 Å². The maximum Gasteiger partial charge on any atom is 0.168 e. The van der Waals surface area contributed by atoms with Crippen molar-refractivity contribution in [2.75, 3.05) is 0 Å². The normalized spacial score (nSPS) is 12.0. The number of pyridine rings is 1. The molecule has 0 saturated heterocycles. The first-order chi connectivity index (χ1) is 22.3. The van der Waals surface area contributed by atoms with Crippen LogP contribution in [0.2, 0.25) is 0 Å². The van der Waals surface area contributed by atoms with Crippen molar-refractivity contribution in [1.29, 1.82) is 0 Å². The van der Waals surface area contributed by atoms with Crippen LogP contribution in [0.4, 0.5) is 0 Å². The van der Waals surface area contributed by atoms with Gasteiger partial charge in [0, 0.05) is 39.4 Å². The minimum Gasteiger partial charge on any atom is -0.309 e. The third kappa shape index (κ3) is 3.36. The number of para-hydroxylation sites is 4. The lowest BCUT2D eigenvalue weighted by Gasteiger charge is -2.10. The molecule has 6 nitrogen and oxygen atoms in total. The maximum absolute atomic E-state index is 5.42. The van der Waals surface area contributed by atoms with Crippen molar-refractivity contribution in [2.24, 2.45) is 0 Å². The van der Waals surface area contributed by atoms with Crippen molar-refractivity contribution >= 4 is 66.1 Å². The Bertz CT molecular complexity index is 2750. The van der Waals surface area contributed by atoms with Crippen molar-refractivity contribution in [3.63, 3.8) is 0 Å². The van der Waals surface area contributed by atoms with Gasteiger partial charge in [0.2, 0.25) is 0 Å². The number of hydrogen-bond acceptors (Lipinski definition) is 3. The minimum atomic E-state index is 0.780. The van der Waals surface area contributed by atoms with E-state index in [1.54, 1.807) is 0 Å². The van der Waals surface area contributed by atoms with Gasteiger partial charge in [0.05, 0.1) is 22.1 Å². The number of fused-ring (bicyclic) bond motifs is 9. The highest BCUT2D eigenvalue weighted by Gasteiger charge is 2.22. The van der Waals surface area contributed by atoms with Crippen molar-refractivity contribution in [3.8, 4) is 17.1 Å². The quantitative estimate of drug-likeness (QED) is 0.211. The monoisotopic (exact) mass is 576 g/mol. The highest BCUT2D eigenvalue weighted by Crippen LogP contribution is 2.37. The highest BCUT2D eigenvalue weighted by molar-refractivity contribution is 6.13. The molecule has 0 aliphatic heterocycles. The molecule has 0 amide bonds. The minimum absolute atomic E-state index is 0.780. The van der Waals surface area contributed by atoms with E-state index < -0.39 is 0 Å². The Hall–Kier alpha value is -6.27. The maximum atomic E-state index is 5.42. The van der Waals surface area contributed by atoms with E-state index in [2.05, 4.69) is 141 Å². The lowest BCUT2D eigenvalue weighted by atomic mass is 10.1. The van der Waals surface area contributed by atoms with Crippen LogP contribution in [-0.2, 0) is 0 Å². The van der Waals surface area contributed by atoms with Crippen molar-refractivity contribution in [2.45, 2.75) is 0 Å². The SMILES string of the molecule is c1ccc(-n2c3ccccc3c3cc(-n4c5cccnc5c5nc6c7ccccc7n(-c7ccccc7)c6nc54)ccc32)cc1. The topological polar surface area (TPSA) is 53.5 Å². The molecule has 0 spiro atoms. The summed E-state index contributed by atoms with van der Waals surface area (Å²) in [5.41, 5.74) is 11.7. The Labute approximate surface area is 257 Å². The van der Waals surface area contributed by atoms with Crippen LogP contribution in [0.15, 0.2) is 146 Å². The van der Waals surface area contributed by atoms with Crippen molar-refractivity contribution < 1.29 is 0 Å². The predicted octanol–water partition coefficient (Wildman–Crippen LogP) is 9.16. The third-order valence-corrected chi connectivity index (χ3v) is 8.88. The summed E-state index contributed by atoms with van der Waals surface area (Å²) in [6.45, 7) is 0. The molecule has 0 aliphatic rings. The van der Waals surface area contributed by atoms with Crippen LogP contribution in [0.5, 0.6) is 0 Å². The molecule has 5 aromatic heterocycles. The molecule has 0 atom stereocenters. The molecule has 0 N–H and O–H groups in total. The molecule has 0 bridgehead atoms. The van der Waals surface area contributed by atoms with Crippen molar-refractivity contribution in [1.82, 2.24) is 28.7 Å². The van der Waals surface area contributed by atoms with Crippen LogP contribution < -0.4 is 0 Å². The fourth-order valence-electron chi connectivity index (χ4n) is 6.98. The van der Waals surface area contributed by atoms with Crippen LogP contribution in [0, 0.1) is 0 Å². The zero-order valence-corrected chi connectivity index (χ0v) is 24.0. The zero-order chi connectivity index (χ0) is 29.5. The molecule has 5 aromatic carbocycles. The second kappa shape index (κ2) is 9.11. The van der Waals surface area contributed by atoms with E-state index >= 15 is 0 Å². The Balaban J connectivity index is 1.32. The summed E-state index contributed by atoms with van der Waals surface area (Å²) in [5.74, 6) is 0. The third-order valence-electron chi connectivity index (χ3n) is 8.88. The molecule has 210 valence electrons. The molecular formula is C39H24N6. The van der Waals surface area contributed by atoms with Gasteiger partial charge in [-0.2, -0.15) is 0 Å². The summed E-state index contributed by atoms with van der Waals surface area (Å²) in [5, 5.41) is 3.45. The zero-order valence-electron chi connectivity index (χ0n) is 24.0. The summed E-state index contributed by atoms with van der Waals surface area (Å²) in [7, 11) is 0. The Morgan fingerprint density at radius 1 is 0.356 bits per heavy atom. The fourth-order valence-corrected chi connectivity index (χ4v) is 6.98. The van der Waals surface area contributed by atoms with Gasteiger partial charge in [0.25, 0.3) is 0 Å². The first-order valence-corrected chi connectivity index (χ1v) is 15.1. The Morgan fingerprint density at radius 3 is 1.71 bits per heavy atom. The van der Waals surface area contributed by atoms with Gasteiger partial charge in [0.1, 0.15) is 16.6 Å². The van der Waals surface area contributed by atoms with E-state index in [0.29, 0.717) is 0 Å². The molecule has 5 heterocycles. The average molecular weight is 577 g/mol. The van der Waals surface area contributed by atoms with Gasteiger partial charge >= 0.3 is 0 Å². The summed E-state index contributed by atoms with van der Waals surface area (Å²) >= 11 is 0. The van der Waals surface area contributed by atoms with E-state index in [1.807, 2.05) is 18.3 Å². The number of rotatable bonds is 3. The van der Waals surface area contributed by atoms with Crippen LogP contribution in [0.25, 0.3) is 83.1 Å². The van der Waals surface area contributed by atoms with Crippen molar-refractivity contribution in [3.05, 3.63) is 146 Å². The van der Waals surface area contributed by atoms with Gasteiger partial charge in [0.15, 0.2) is 11.3 Å². The Morgan fingerprint density at radius 2 is 0.933 bits per heavy atom. The molecule has 10 aromatic rings. The van der Waals surface area contributed by atoms with Gasteiger partial charge in [-0.15, -0.1) is 0 Å². The predicted molar refractivity (Wildman–Crippen MR) is 183 cm³/mol. The van der Waals surface area contributed by atoms with Gasteiger partial charge in [-0.3, -0.25) is 14.1 Å². The van der Waals surface area contributed by atoms with E-state index in [-0.39, 0.29) is 0 Å². The lowest BCUT2D eigenvalue weighted by Crippen LogP contribution is -1.99. The molecule has 0 saturated carbocycles. The summed E-state index contributed by atoms with van der Waals surface area (Å²) in [6, 6.07) is 48.7. The van der Waals surface area contributed by atoms with E-state index in [4.69, 9.17) is 15.0 Å².